The molecule has 2 fully saturated rings. The van der Waals surface area contributed by atoms with Crippen molar-refractivity contribution < 1.29 is 14.3 Å². The third-order valence-electron chi connectivity index (χ3n) is 6.62. The molecule has 0 radical (unpaired) electrons. The molecule has 1 amide bonds. The largest absolute Gasteiger partial charge is 0.445 e. The molecule has 160 valence electrons. The van der Waals surface area contributed by atoms with Gasteiger partial charge in [0.2, 0.25) is 0 Å². The minimum absolute atomic E-state index is 0.138. The van der Waals surface area contributed by atoms with Crippen LogP contribution in [0.2, 0.25) is 0 Å². The van der Waals surface area contributed by atoms with Crippen LogP contribution in [0.15, 0.2) is 30.3 Å². The third kappa shape index (κ3) is 6.32. The maximum absolute atomic E-state index is 12.8. The third-order valence-corrected chi connectivity index (χ3v) is 6.62. The molecular formula is C25H37NO3. The quantitative estimate of drug-likeness (QED) is 0.435. The summed E-state index contributed by atoms with van der Waals surface area (Å²) in [5.74, 6) is 0.564. The van der Waals surface area contributed by atoms with Gasteiger partial charge in [-0.15, -0.1) is 0 Å². The van der Waals surface area contributed by atoms with Crippen molar-refractivity contribution in [1.29, 1.82) is 0 Å². The summed E-state index contributed by atoms with van der Waals surface area (Å²) in [6.45, 7) is 2.54. The van der Waals surface area contributed by atoms with E-state index in [0.717, 1.165) is 44.1 Å². The van der Waals surface area contributed by atoms with Gasteiger partial charge in [0.25, 0.3) is 0 Å². The van der Waals surface area contributed by atoms with E-state index >= 15 is 0 Å². The van der Waals surface area contributed by atoms with Crippen LogP contribution >= 0.6 is 0 Å². The van der Waals surface area contributed by atoms with Crippen LogP contribution < -0.4 is 0 Å². The van der Waals surface area contributed by atoms with Crippen LogP contribution in [0.1, 0.15) is 89.5 Å². The van der Waals surface area contributed by atoms with Crippen LogP contribution in [0.5, 0.6) is 0 Å². The van der Waals surface area contributed by atoms with Gasteiger partial charge in [0, 0.05) is 24.4 Å². The first-order valence-corrected chi connectivity index (χ1v) is 11.7. The van der Waals surface area contributed by atoms with Crippen molar-refractivity contribution in [2.45, 2.75) is 103 Å². The number of ketones is 1. The van der Waals surface area contributed by atoms with E-state index < -0.39 is 0 Å². The van der Waals surface area contributed by atoms with E-state index in [0.29, 0.717) is 18.8 Å². The average molecular weight is 400 g/mol. The zero-order chi connectivity index (χ0) is 20.5. The molecule has 2 aliphatic heterocycles. The van der Waals surface area contributed by atoms with E-state index in [4.69, 9.17) is 4.74 Å². The lowest BCUT2D eigenvalue weighted by Gasteiger charge is -2.47. The number of amides is 1. The van der Waals surface area contributed by atoms with E-state index in [1.54, 1.807) is 0 Å². The van der Waals surface area contributed by atoms with Gasteiger partial charge < -0.3 is 9.64 Å². The molecule has 0 spiro atoms. The number of carbonyl (C=O) groups excluding carboxylic acids is 2. The van der Waals surface area contributed by atoms with E-state index in [1.165, 1.54) is 32.1 Å². The van der Waals surface area contributed by atoms with E-state index in [-0.39, 0.29) is 24.1 Å². The van der Waals surface area contributed by atoms with Crippen molar-refractivity contribution in [2.75, 3.05) is 0 Å². The van der Waals surface area contributed by atoms with Gasteiger partial charge in [-0.1, -0.05) is 69.4 Å². The molecule has 2 saturated heterocycles. The molecule has 2 heterocycles. The van der Waals surface area contributed by atoms with Crippen molar-refractivity contribution in [3.05, 3.63) is 35.9 Å². The smallest absolute Gasteiger partial charge is 0.410 e. The number of ether oxygens (including phenoxy) is 1. The molecule has 0 saturated carbocycles. The fourth-order valence-electron chi connectivity index (χ4n) is 5.02. The molecule has 3 rings (SSSR count). The lowest BCUT2D eigenvalue weighted by molar-refractivity contribution is -0.126. The highest BCUT2D eigenvalue weighted by atomic mass is 16.6. The number of hydrogen-bond acceptors (Lipinski definition) is 3. The summed E-state index contributed by atoms with van der Waals surface area (Å²) in [5, 5.41) is 0. The number of carbonyl (C=O) groups is 2. The SMILES string of the molecule is CCCCCCCCC(=O)C1CC2CCCC(C1)N2C(=O)OCc1ccccc1. The van der Waals surface area contributed by atoms with Gasteiger partial charge in [-0.3, -0.25) is 4.79 Å². The molecule has 29 heavy (non-hydrogen) atoms. The normalized spacial score (nSPS) is 23.6. The summed E-state index contributed by atoms with van der Waals surface area (Å²) in [5.41, 5.74) is 1.01. The van der Waals surface area contributed by atoms with Crippen molar-refractivity contribution >= 4 is 11.9 Å². The molecule has 4 nitrogen and oxygen atoms in total. The molecule has 1 aromatic rings. The molecule has 0 aromatic heterocycles. The van der Waals surface area contributed by atoms with Gasteiger partial charge in [0.05, 0.1) is 0 Å². The zero-order valence-corrected chi connectivity index (χ0v) is 18.0. The standard InChI is InChI=1S/C25H37NO3/c1-2-3-4-5-6-10-16-24(27)21-17-22-14-11-15-23(18-21)26(22)25(28)29-19-20-12-8-7-9-13-20/h7-9,12-13,21-23H,2-6,10-11,14-19H2,1H3. The summed E-state index contributed by atoms with van der Waals surface area (Å²) in [6, 6.07) is 10.2. The molecule has 2 unspecified atom stereocenters. The van der Waals surface area contributed by atoms with Gasteiger partial charge >= 0.3 is 6.09 Å². The topological polar surface area (TPSA) is 46.6 Å². The van der Waals surface area contributed by atoms with Crippen LogP contribution in [0.3, 0.4) is 0 Å². The lowest BCUT2D eigenvalue weighted by Crippen LogP contribution is -2.55. The first-order valence-electron chi connectivity index (χ1n) is 11.7. The second kappa shape index (κ2) is 11.4. The number of Topliss-reactive ketones (excluding diaryl/α,β-unsaturated/α-hetero) is 1. The second-order valence-corrected chi connectivity index (χ2v) is 8.84. The first kappa shape index (κ1) is 21.9. The Bertz CT molecular complexity index is 631. The highest BCUT2D eigenvalue weighted by Gasteiger charge is 2.43. The van der Waals surface area contributed by atoms with Gasteiger partial charge in [0.1, 0.15) is 12.4 Å². The number of benzene rings is 1. The van der Waals surface area contributed by atoms with Crippen LogP contribution in [0.4, 0.5) is 4.79 Å². The molecule has 0 aliphatic carbocycles. The van der Waals surface area contributed by atoms with Crippen molar-refractivity contribution in [1.82, 2.24) is 4.90 Å². The molecule has 2 aliphatic rings. The molecule has 2 bridgehead atoms. The molecular weight excluding hydrogens is 362 g/mol. The van der Waals surface area contributed by atoms with E-state index in [9.17, 15) is 9.59 Å². The second-order valence-electron chi connectivity index (χ2n) is 8.84. The zero-order valence-electron chi connectivity index (χ0n) is 18.0. The molecule has 2 atom stereocenters. The lowest BCUT2D eigenvalue weighted by atomic mass is 9.76. The summed E-state index contributed by atoms with van der Waals surface area (Å²) in [6.07, 6.45) is 12.6. The fourth-order valence-corrected chi connectivity index (χ4v) is 5.02. The maximum atomic E-state index is 12.8. The Balaban J connectivity index is 1.46. The Morgan fingerprint density at radius 3 is 2.31 bits per heavy atom. The summed E-state index contributed by atoms with van der Waals surface area (Å²) in [4.78, 5) is 27.5. The summed E-state index contributed by atoms with van der Waals surface area (Å²) < 4.78 is 5.61. The van der Waals surface area contributed by atoms with Crippen LogP contribution in [-0.4, -0.2) is 28.9 Å². The highest BCUT2D eigenvalue weighted by molar-refractivity contribution is 5.81. The van der Waals surface area contributed by atoms with Gasteiger partial charge in [0.15, 0.2) is 0 Å². The van der Waals surface area contributed by atoms with Crippen molar-refractivity contribution in [3.8, 4) is 0 Å². The summed E-state index contributed by atoms with van der Waals surface area (Å²) >= 11 is 0. The van der Waals surface area contributed by atoms with Crippen LogP contribution in [-0.2, 0) is 16.1 Å². The molecule has 4 heteroatoms. The number of nitrogens with zero attached hydrogens (tertiary/aromatic N) is 1. The monoisotopic (exact) mass is 399 g/mol. The summed E-state index contributed by atoms with van der Waals surface area (Å²) in [7, 11) is 0. The van der Waals surface area contributed by atoms with E-state index in [2.05, 4.69) is 6.92 Å². The predicted molar refractivity (Wildman–Crippen MR) is 116 cm³/mol. The highest BCUT2D eigenvalue weighted by Crippen LogP contribution is 2.38. The number of rotatable bonds is 10. The number of unbranched alkanes of at least 4 members (excludes halogenated alkanes) is 5. The van der Waals surface area contributed by atoms with Gasteiger partial charge in [-0.25, -0.2) is 4.79 Å². The van der Waals surface area contributed by atoms with Gasteiger partial charge in [-0.05, 0) is 44.1 Å². The van der Waals surface area contributed by atoms with Crippen molar-refractivity contribution in [2.24, 2.45) is 5.92 Å². The first-order chi connectivity index (χ1) is 14.2. The van der Waals surface area contributed by atoms with Gasteiger partial charge in [-0.2, -0.15) is 0 Å². The maximum Gasteiger partial charge on any atom is 0.410 e. The Morgan fingerprint density at radius 1 is 0.966 bits per heavy atom. The number of hydrogen-bond donors (Lipinski definition) is 0. The Hall–Kier alpha value is -1.84. The van der Waals surface area contributed by atoms with Crippen LogP contribution in [0.25, 0.3) is 0 Å². The number of piperidine rings is 2. The molecule has 0 N–H and O–H groups in total. The van der Waals surface area contributed by atoms with Crippen LogP contribution in [0, 0.1) is 5.92 Å². The fraction of sp³-hybridized carbons (Fsp3) is 0.680. The average Bonchev–Trinajstić information content (AvgIpc) is 2.74. The minimum atomic E-state index is -0.203. The Kier molecular flexibility index (Phi) is 8.57. The predicted octanol–water partition coefficient (Wildman–Crippen LogP) is 6.28. The number of fused-ring (bicyclic) bond motifs is 2. The minimum Gasteiger partial charge on any atom is -0.445 e. The Labute approximate surface area is 176 Å². The van der Waals surface area contributed by atoms with E-state index in [1.807, 2.05) is 35.2 Å². The van der Waals surface area contributed by atoms with Crippen molar-refractivity contribution in [3.63, 3.8) is 0 Å². The Morgan fingerprint density at radius 2 is 1.62 bits per heavy atom. The molecule has 1 aromatic carbocycles.